The Hall–Kier alpha value is -1.07. The summed E-state index contributed by atoms with van der Waals surface area (Å²) in [5, 5.41) is 0. The van der Waals surface area contributed by atoms with Crippen molar-refractivity contribution in [2.45, 2.75) is 18.2 Å². The molecule has 1 aromatic rings. The Kier molecular flexibility index (Phi) is 5.88. The zero-order valence-electron chi connectivity index (χ0n) is 9.03. The van der Waals surface area contributed by atoms with E-state index < -0.39 is 0 Å². The fourth-order valence-electron chi connectivity index (χ4n) is 1.02. The van der Waals surface area contributed by atoms with Gasteiger partial charge in [-0.15, -0.1) is 11.8 Å². The monoisotopic (exact) mass is 243 g/mol. The number of carbonyl (C=O) groups excluding carboxylic acids is 1. The van der Waals surface area contributed by atoms with Crippen molar-refractivity contribution in [3.8, 4) is 0 Å². The van der Waals surface area contributed by atoms with Crippen molar-refractivity contribution in [2.75, 3.05) is 12.4 Å². The van der Waals surface area contributed by atoms with Crippen LogP contribution >= 0.6 is 11.8 Å². The molecule has 0 aliphatic carbocycles. The molecule has 0 saturated heterocycles. The summed E-state index contributed by atoms with van der Waals surface area (Å²) in [6, 6.07) is 6.51. The molecule has 0 unspecified atom stereocenters. The molecule has 1 rings (SSSR count). The van der Waals surface area contributed by atoms with Crippen LogP contribution in [0.15, 0.2) is 29.2 Å². The molecule has 0 radical (unpaired) electrons. The van der Waals surface area contributed by atoms with E-state index in [0.717, 1.165) is 0 Å². The van der Waals surface area contributed by atoms with Crippen molar-refractivity contribution in [3.05, 3.63) is 30.1 Å². The lowest BCUT2D eigenvalue weighted by Gasteiger charge is -2.04. The van der Waals surface area contributed by atoms with Crippen LogP contribution in [0.4, 0.5) is 4.39 Å². The third kappa shape index (κ3) is 4.63. The fraction of sp³-hybridized carbons (Fsp3) is 0.364. The Morgan fingerprint density at radius 3 is 2.94 bits per heavy atom. The third-order valence-electron chi connectivity index (χ3n) is 1.75. The lowest BCUT2D eigenvalue weighted by Crippen LogP contribution is -2.23. The minimum atomic E-state index is -0.252. The van der Waals surface area contributed by atoms with Crippen molar-refractivity contribution in [1.29, 1.82) is 0 Å². The minimum absolute atomic E-state index is 0.189. The quantitative estimate of drug-likeness (QED) is 0.616. The number of amides is 1. The van der Waals surface area contributed by atoms with Crippen LogP contribution < -0.4 is 5.48 Å². The molecule has 0 aromatic heterocycles. The second kappa shape index (κ2) is 7.24. The Morgan fingerprint density at radius 2 is 2.25 bits per heavy atom. The van der Waals surface area contributed by atoms with E-state index in [1.54, 1.807) is 25.1 Å². The third-order valence-corrected chi connectivity index (χ3v) is 2.80. The predicted molar refractivity (Wildman–Crippen MR) is 61.5 cm³/mol. The molecule has 0 aliphatic rings. The fourth-order valence-corrected chi connectivity index (χ4v) is 1.91. The van der Waals surface area contributed by atoms with Crippen LogP contribution in [0.5, 0.6) is 0 Å². The van der Waals surface area contributed by atoms with E-state index in [4.69, 9.17) is 4.84 Å². The first kappa shape index (κ1) is 13.0. The van der Waals surface area contributed by atoms with E-state index in [2.05, 4.69) is 5.48 Å². The topological polar surface area (TPSA) is 38.3 Å². The first-order chi connectivity index (χ1) is 7.74. The molecule has 5 heteroatoms. The minimum Gasteiger partial charge on any atom is -0.274 e. The highest BCUT2D eigenvalue weighted by molar-refractivity contribution is 7.99. The van der Waals surface area contributed by atoms with Crippen LogP contribution in [0.3, 0.4) is 0 Å². The van der Waals surface area contributed by atoms with Gasteiger partial charge in [0.25, 0.3) is 0 Å². The summed E-state index contributed by atoms with van der Waals surface area (Å²) in [5.41, 5.74) is 2.29. The van der Waals surface area contributed by atoms with Gasteiger partial charge >= 0.3 is 0 Å². The number of benzene rings is 1. The number of rotatable bonds is 6. The maximum absolute atomic E-state index is 13.2. The van der Waals surface area contributed by atoms with Crippen LogP contribution in [0.1, 0.15) is 13.3 Å². The molecule has 1 amide bonds. The molecule has 0 heterocycles. The lowest BCUT2D eigenvalue weighted by molar-refractivity contribution is -0.132. The van der Waals surface area contributed by atoms with Crippen molar-refractivity contribution in [1.82, 2.24) is 5.48 Å². The molecule has 3 nitrogen and oxygen atoms in total. The molecular weight excluding hydrogens is 229 g/mol. The highest BCUT2D eigenvalue weighted by Crippen LogP contribution is 2.21. The van der Waals surface area contributed by atoms with Gasteiger partial charge < -0.3 is 0 Å². The standard InChI is InChI=1S/C11H14FNO2S/c1-2-15-13-11(14)7-8-16-10-6-4-3-5-9(10)12/h3-6H,2,7-8H2,1H3,(H,13,14). The SMILES string of the molecule is CCONC(=O)CCSc1ccccc1F. The van der Waals surface area contributed by atoms with Gasteiger partial charge in [-0.05, 0) is 19.1 Å². The van der Waals surface area contributed by atoms with Crippen molar-refractivity contribution < 1.29 is 14.0 Å². The summed E-state index contributed by atoms with van der Waals surface area (Å²) in [7, 11) is 0. The molecule has 0 bridgehead atoms. The first-order valence-electron chi connectivity index (χ1n) is 5.02. The number of hydroxylamine groups is 1. The van der Waals surface area contributed by atoms with Gasteiger partial charge in [0.05, 0.1) is 6.61 Å². The van der Waals surface area contributed by atoms with Crippen LogP contribution in [-0.4, -0.2) is 18.3 Å². The molecule has 88 valence electrons. The van der Waals surface area contributed by atoms with Gasteiger partial charge in [-0.2, -0.15) is 0 Å². The number of carbonyl (C=O) groups is 1. The summed E-state index contributed by atoms with van der Waals surface area (Å²) in [5.74, 6) is 0.0863. The van der Waals surface area contributed by atoms with Crippen LogP contribution in [0.2, 0.25) is 0 Å². The first-order valence-corrected chi connectivity index (χ1v) is 6.00. The number of nitrogens with one attached hydrogen (secondary N) is 1. The average Bonchev–Trinajstić information content (AvgIpc) is 2.29. The summed E-state index contributed by atoms with van der Waals surface area (Å²) < 4.78 is 13.2. The molecule has 0 aliphatic heterocycles. The second-order valence-electron chi connectivity index (χ2n) is 2.99. The van der Waals surface area contributed by atoms with Gasteiger partial charge in [-0.25, -0.2) is 9.87 Å². The summed E-state index contributed by atoms with van der Waals surface area (Å²) in [6.07, 6.45) is 0.305. The van der Waals surface area contributed by atoms with Gasteiger partial charge in [0.15, 0.2) is 0 Å². The number of hydrogen-bond acceptors (Lipinski definition) is 3. The Labute approximate surface area is 98.3 Å². The van der Waals surface area contributed by atoms with Gasteiger partial charge in [-0.1, -0.05) is 12.1 Å². The Morgan fingerprint density at radius 1 is 1.50 bits per heavy atom. The molecule has 0 fully saturated rings. The van der Waals surface area contributed by atoms with Crippen LogP contribution in [0, 0.1) is 5.82 Å². The lowest BCUT2D eigenvalue weighted by atomic mass is 10.3. The zero-order chi connectivity index (χ0) is 11.8. The molecule has 1 N–H and O–H groups in total. The summed E-state index contributed by atoms with van der Waals surface area (Å²) >= 11 is 1.32. The normalized spacial score (nSPS) is 10.1. The maximum atomic E-state index is 13.2. The van der Waals surface area contributed by atoms with E-state index in [9.17, 15) is 9.18 Å². The highest BCUT2D eigenvalue weighted by atomic mass is 32.2. The van der Waals surface area contributed by atoms with Crippen molar-refractivity contribution in [2.24, 2.45) is 0 Å². The van der Waals surface area contributed by atoms with Crippen molar-refractivity contribution >= 4 is 17.7 Å². The second-order valence-corrected chi connectivity index (χ2v) is 4.12. The molecule has 1 aromatic carbocycles. The number of thioether (sulfide) groups is 1. The van der Waals surface area contributed by atoms with Gasteiger partial charge in [0.1, 0.15) is 5.82 Å². The Bertz CT molecular complexity index is 347. The summed E-state index contributed by atoms with van der Waals surface area (Å²) in [6.45, 7) is 2.22. The zero-order valence-corrected chi connectivity index (χ0v) is 9.85. The number of halogens is 1. The molecule has 0 saturated carbocycles. The van der Waals surface area contributed by atoms with E-state index >= 15 is 0 Å². The molecular formula is C11H14FNO2S. The predicted octanol–water partition coefficient (Wildman–Crippen LogP) is 2.38. The van der Waals surface area contributed by atoms with Gasteiger partial charge in [0.2, 0.25) is 5.91 Å². The smallest absolute Gasteiger partial charge is 0.244 e. The van der Waals surface area contributed by atoms with E-state index in [-0.39, 0.29) is 11.7 Å². The van der Waals surface area contributed by atoms with Crippen molar-refractivity contribution in [3.63, 3.8) is 0 Å². The van der Waals surface area contributed by atoms with E-state index in [0.29, 0.717) is 23.7 Å². The van der Waals surface area contributed by atoms with Gasteiger partial charge in [-0.3, -0.25) is 9.63 Å². The molecule has 0 spiro atoms. The molecule has 16 heavy (non-hydrogen) atoms. The maximum Gasteiger partial charge on any atom is 0.244 e. The number of hydrogen-bond donors (Lipinski definition) is 1. The average molecular weight is 243 g/mol. The summed E-state index contributed by atoms with van der Waals surface area (Å²) in [4.78, 5) is 16.4. The van der Waals surface area contributed by atoms with Crippen LogP contribution in [0.25, 0.3) is 0 Å². The Balaban J connectivity index is 2.25. The van der Waals surface area contributed by atoms with E-state index in [1.165, 1.54) is 17.8 Å². The van der Waals surface area contributed by atoms with Crippen LogP contribution in [-0.2, 0) is 9.63 Å². The largest absolute Gasteiger partial charge is 0.274 e. The van der Waals surface area contributed by atoms with E-state index in [1.807, 2.05) is 0 Å². The van der Waals surface area contributed by atoms with Gasteiger partial charge in [0, 0.05) is 17.1 Å². The molecule has 0 atom stereocenters. The highest BCUT2D eigenvalue weighted by Gasteiger charge is 2.04.